The molecule has 2 aromatic carbocycles. The monoisotopic (exact) mass is 329 g/mol. The predicted molar refractivity (Wildman–Crippen MR) is 89.0 cm³/mol. The van der Waals surface area contributed by atoms with Crippen LogP contribution in [0.15, 0.2) is 59.5 Å². The highest BCUT2D eigenvalue weighted by Gasteiger charge is 2.40. The summed E-state index contributed by atoms with van der Waals surface area (Å²) in [5.41, 5.74) is 1.64. The van der Waals surface area contributed by atoms with E-state index in [1.165, 1.54) is 0 Å². The summed E-state index contributed by atoms with van der Waals surface area (Å²) in [6.07, 6.45) is 1.10. The maximum Gasteiger partial charge on any atom is 0.183 e. The summed E-state index contributed by atoms with van der Waals surface area (Å²) in [5.74, 6) is 0. The van der Waals surface area contributed by atoms with E-state index in [1.807, 2.05) is 42.5 Å². The van der Waals surface area contributed by atoms with Crippen LogP contribution in [0.2, 0.25) is 0 Å². The van der Waals surface area contributed by atoms with Crippen molar-refractivity contribution in [3.05, 3.63) is 65.7 Å². The number of hydrogen-bond donors (Lipinski definition) is 1. The molecule has 3 atom stereocenters. The van der Waals surface area contributed by atoms with Crippen molar-refractivity contribution >= 4 is 16.1 Å². The van der Waals surface area contributed by atoms with Crippen molar-refractivity contribution in [2.45, 2.75) is 35.6 Å². The fraction of sp³-hybridized carbons (Fsp3) is 0.278. The Hall–Kier alpha value is -1.98. The van der Waals surface area contributed by atoms with Crippen LogP contribution in [0.4, 0.5) is 0 Å². The summed E-state index contributed by atoms with van der Waals surface area (Å²) in [6, 6.07) is 15.6. The molecule has 120 valence electrons. The Morgan fingerprint density at radius 1 is 1.04 bits per heavy atom. The Balaban J connectivity index is 2.25. The van der Waals surface area contributed by atoms with Gasteiger partial charge in [0.15, 0.2) is 9.84 Å². The molecule has 0 aliphatic carbocycles. The molecule has 0 amide bonds. The summed E-state index contributed by atoms with van der Waals surface area (Å²) in [5, 5.41) is 2.49. The average molecular weight is 329 g/mol. The number of hydrogen-bond acceptors (Lipinski definition) is 4. The molecule has 0 bridgehead atoms. The predicted octanol–water partition coefficient (Wildman–Crippen LogP) is 2.50. The Morgan fingerprint density at radius 3 is 2.35 bits per heavy atom. The van der Waals surface area contributed by atoms with E-state index in [2.05, 4.69) is 5.32 Å². The van der Waals surface area contributed by atoms with E-state index in [0.29, 0.717) is 23.2 Å². The van der Waals surface area contributed by atoms with Crippen molar-refractivity contribution in [2.24, 2.45) is 0 Å². The molecule has 1 heterocycles. The van der Waals surface area contributed by atoms with Gasteiger partial charge in [-0.3, -0.25) is 5.32 Å². The van der Waals surface area contributed by atoms with E-state index in [0.717, 1.165) is 5.56 Å². The molecule has 1 aliphatic heterocycles. The largest absolute Gasteiger partial charge is 0.302 e. The number of nitrogens with one attached hydrogen (secondary N) is 1. The van der Waals surface area contributed by atoms with Crippen LogP contribution >= 0.6 is 0 Å². The molecule has 23 heavy (non-hydrogen) atoms. The van der Waals surface area contributed by atoms with E-state index in [4.69, 9.17) is 0 Å². The van der Waals surface area contributed by atoms with Gasteiger partial charge >= 0.3 is 0 Å². The molecule has 1 aliphatic rings. The fourth-order valence-corrected chi connectivity index (χ4v) is 5.32. The van der Waals surface area contributed by atoms with Crippen LogP contribution in [-0.4, -0.2) is 26.0 Å². The van der Waals surface area contributed by atoms with Gasteiger partial charge in [0.25, 0.3) is 0 Å². The lowest BCUT2D eigenvalue weighted by Crippen LogP contribution is -2.44. The van der Waals surface area contributed by atoms with Crippen LogP contribution in [0.3, 0.4) is 0 Å². The van der Waals surface area contributed by atoms with Gasteiger partial charge in [0, 0.05) is 0 Å². The lowest BCUT2D eigenvalue weighted by atomic mass is 9.97. The molecule has 2 aromatic rings. The van der Waals surface area contributed by atoms with Gasteiger partial charge in [0.05, 0.1) is 22.2 Å². The first kappa shape index (κ1) is 15.9. The van der Waals surface area contributed by atoms with E-state index in [1.54, 1.807) is 19.1 Å². The number of carbonyl (C=O) groups excluding carboxylic acids is 1. The SMILES string of the molecule is CC[C@@H]1[C@H](C=O)NC(c2ccccc2)c2ccccc2S1(=O)=O. The van der Waals surface area contributed by atoms with E-state index >= 15 is 0 Å². The average Bonchev–Trinajstić information content (AvgIpc) is 2.68. The second kappa shape index (κ2) is 6.26. The maximum absolute atomic E-state index is 13.0. The highest BCUT2D eigenvalue weighted by molar-refractivity contribution is 7.92. The van der Waals surface area contributed by atoms with Gasteiger partial charge in [-0.15, -0.1) is 0 Å². The molecule has 0 saturated carbocycles. The van der Waals surface area contributed by atoms with Gasteiger partial charge in [0.2, 0.25) is 0 Å². The standard InChI is InChI=1S/C18H19NO3S/c1-2-16-15(12-20)19-18(13-8-4-3-5-9-13)14-10-6-7-11-17(14)23(16,21)22/h3-12,15-16,18-19H,2H2,1H3/t15-,16+,18?/m0/s1. The molecule has 0 aromatic heterocycles. The van der Waals surface area contributed by atoms with Crippen molar-refractivity contribution in [3.8, 4) is 0 Å². The first-order valence-electron chi connectivity index (χ1n) is 7.68. The van der Waals surface area contributed by atoms with E-state index in [9.17, 15) is 13.2 Å². The summed E-state index contributed by atoms with van der Waals surface area (Å²) in [6.45, 7) is 1.80. The molecular weight excluding hydrogens is 310 g/mol. The lowest BCUT2D eigenvalue weighted by Gasteiger charge is -2.23. The van der Waals surface area contributed by atoms with Crippen LogP contribution in [0, 0.1) is 0 Å². The number of fused-ring (bicyclic) bond motifs is 1. The normalized spacial score (nSPS) is 26.0. The third kappa shape index (κ3) is 2.71. The number of rotatable bonds is 3. The maximum atomic E-state index is 13.0. The topological polar surface area (TPSA) is 63.2 Å². The molecule has 5 heteroatoms. The van der Waals surface area contributed by atoms with Crippen molar-refractivity contribution in [3.63, 3.8) is 0 Å². The quantitative estimate of drug-likeness (QED) is 0.879. The molecule has 4 nitrogen and oxygen atoms in total. The van der Waals surface area contributed by atoms with Gasteiger partial charge in [-0.05, 0) is 23.6 Å². The zero-order valence-corrected chi connectivity index (χ0v) is 13.7. The second-order valence-electron chi connectivity index (χ2n) is 5.70. The minimum atomic E-state index is -3.57. The van der Waals surface area contributed by atoms with E-state index < -0.39 is 21.1 Å². The van der Waals surface area contributed by atoms with Crippen molar-refractivity contribution in [1.82, 2.24) is 5.32 Å². The summed E-state index contributed by atoms with van der Waals surface area (Å²) in [7, 11) is -3.57. The van der Waals surface area contributed by atoms with Crippen molar-refractivity contribution in [2.75, 3.05) is 0 Å². The molecule has 0 spiro atoms. The van der Waals surface area contributed by atoms with Gasteiger partial charge in [-0.2, -0.15) is 0 Å². The van der Waals surface area contributed by atoms with Gasteiger partial charge in [-0.25, -0.2) is 8.42 Å². The number of benzene rings is 2. The summed E-state index contributed by atoms with van der Waals surface area (Å²) >= 11 is 0. The second-order valence-corrected chi connectivity index (χ2v) is 7.84. The summed E-state index contributed by atoms with van der Waals surface area (Å²) < 4.78 is 26.0. The van der Waals surface area contributed by atoms with Crippen molar-refractivity contribution < 1.29 is 13.2 Å². The number of carbonyl (C=O) groups is 1. The zero-order chi connectivity index (χ0) is 16.4. The van der Waals surface area contributed by atoms with Crippen LogP contribution in [0.25, 0.3) is 0 Å². The van der Waals surface area contributed by atoms with Gasteiger partial charge < -0.3 is 4.79 Å². The Labute approximate surface area is 136 Å². The minimum Gasteiger partial charge on any atom is -0.302 e. The molecule has 1 unspecified atom stereocenters. The highest BCUT2D eigenvalue weighted by atomic mass is 32.2. The van der Waals surface area contributed by atoms with Gasteiger partial charge in [0.1, 0.15) is 6.29 Å². The highest BCUT2D eigenvalue weighted by Crippen LogP contribution is 2.35. The first-order valence-corrected chi connectivity index (χ1v) is 9.23. The number of aldehydes is 1. The molecule has 0 radical (unpaired) electrons. The minimum absolute atomic E-state index is 0.317. The Morgan fingerprint density at radius 2 is 1.70 bits per heavy atom. The van der Waals surface area contributed by atoms with Crippen LogP contribution in [0.5, 0.6) is 0 Å². The Kier molecular flexibility index (Phi) is 4.33. The molecule has 0 saturated heterocycles. The fourth-order valence-electron chi connectivity index (χ4n) is 3.25. The molecule has 3 rings (SSSR count). The van der Waals surface area contributed by atoms with E-state index in [-0.39, 0.29) is 6.04 Å². The van der Waals surface area contributed by atoms with Gasteiger partial charge in [-0.1, -0.05) is 55.5 Å². The zero-order valence-electron chi connectivity index (χ0n) is 12.8. The lowest BCUT2D eigenvalue weighted by molar-refractivity contribution is -0.109. The number of sulfone groups is 1. The third-order valence-corrected chi connectivity index (χ3v) is 6.79. The van der Waals surface area contributed by atoms with Crippen molar-refractivity contribution in [1.29, 1.82) is 0 Å². The molecule has 1 N–H and O–H groups in total. The molecule has 0 fully saturated rings. The van der Waals surface area contributed by atoms with Crippen LogP contribution in [-0.2, 0) is 14.6 Å². The molecular formula is C18H19NO3S. The summed E-state index contributed by atoms with van der Waals surface area (Å²) in [4.78, 5) is 11.9. The first-order chi connectivity index (χ1) is 11.1. The van der Waals surface area contributed by atoms with Crippen LogP contribution in [0.1, 0.15) is 30.5 Å². The Bertz CT molecular complexity index is 802. The third-order valence-electron chi connectivity index (χ3n) is 4.38. The smallest absolute Gasteiger partial charge is 0.183 e. The van der Waals surface area contributed by atoms with Crippen LogP contribution < -0.4 is 5.32 Å².